The normalized spacial score (nSPS) is 13.6. The van der Waals surface area contributed by atoms with Crippen LogP contribution in [0.25, 0.3) is 11.3 Å². The van der Waals surface area contributed by atoms with Crippen molar-refractivity contribution in [2.45, 2.75) is 19.8 Å². The van der Waals surface area contributed by atoms with Gasteiger partial charge >= 0.3 is 0 Å². The lowest BCUT2D eigenvalue weighted by atomic mass is 10.0. The Balaban J connectivity index is 1.61. The monoisotopic (exact) mass is 500 g/mol. The number of phenols is 2. The predicted octanol–water partition coefficient (Wildman–Crippen LogP) is 5.20. The van der Waals surface area contributed by atoms with Crippen LogP contribution in [0, 0.1) is 0 Å². The number of phenolic OH excluding ortho intramolecular Hbond substituents is 2. The number of nitrogens with zero attached hydrogens (tertiary/aromatic N) is 3. The standard InChI is InChI=1S/C27H24N4O4S/c1-16(2)17-3-7-20(8-4-17)29-27-31(28-13-19-5-9-21(32)12-24(19)33)23(15-36-27)18-6-10-25-22(11-18)30-26(34)14-35-25/h3-13,15-16,32-33H,14H2,1-2H3,(H,30,34). The number of rotatable bonds is 5. The molecule has 182 valence electrons. The lowest BCUT2D eigenvalue weighted by molar-refractivity contribution is -0.118. The molecule has 0 fully saturated rings. The first kappa shape index (κ1) is 23.4. The molecule has 0 unspecified atom stereocenters. The molecule has 3 N–H and O–H groups in total. The van der Waals surface area contributed by atoms with Crippen LogP contribution in [0.4, 0.5) is 11.4 Å². The van der Waals surface area contributed by atoms with Crippen LogP contribution >= 0.6 is 11.3 Å². The average molecular weight is 501 g/mol. The average Bonchev–Trinajstić information content (AvgIpc) is 3.25. The zero-order valence-electron chi connectivity index (χ0n) is 19.7. The summed E-state index contributed by atoms with van der Waals surface area (Å²) in [6.07, 6.45) is 1.51. The first-order chi connectivity index (χ1) is 17.4. The number of ether oxygens (including phenoxy) is 1. The van der Waals surface area contributed by atoms with Crippen LogP contribution in [-0.4, -0.2) is 33.6 Å². The fourth-order valence-electron chi connectivity index (χ4n) is 3.73. The molecule has 1 aliphatic rings. The Kier molecular flexibility index (Phi) is 6.30. The van der Waals surface area contributed by atoms with Crippen LogP contribution in [-0.2, 0) is 4.79 Å². The molecule has 2 heterocycles. The van der Waals surface area contributed by atoms with E-state index < -0.39 is 0 Å². The van der Waals surface area contributed by atoms with Gasteiger partial charge in [-0.2, -0.15) is 5.10 Å². The summed E-state index contributed by atoms with van der Waals surface area (Å²) in [6.45, 7) is 4.28. The van der Waals surface area contributed by atoms with Gasteiger partial charge in [-0.05, 0) is 53.9 Å². The van der Waals surface area contributed by atoms with Gasteiger partial charge in [0.15, 0.2) is 6.61 Å². The van der Waals surface area contributed by atoms with E-state index in [0.717, 1.165) is 16.9 Å². The summed E-state index contributed by atoms with van der Waals surface area (Å²) >= 11 is 1.42. The number of aromatic nitrogens is 1. The summed E-state index contributed by atoms with van der Waals surface area (Å²) in [5, 5.41) is 29.2. The van der Waals surface area contributed by atoms with Crippen molar-refractivity contribution in [2.75, 3.05) is 11.9 Å². The molecule has 1 aliphatic heterocycles. The third kappa shape index (κ3) is 4.87. The Morgan fingerprint density at radius 3 is 2.64 bits per heavy atom. The van der Waals surface area contributed by atoms with Crippen LogP contribution in [0.2, 0.25) is 0 Å². The molecule has 4 aromatic rings. The summed E-state index contributed by atoms with van der Waals surface area (Å²) < 4.78 is 7.16. The summed E-state index contributed by atoms with van der Waals surface area (Å²) in [6, 6.07) is 17.9. The molecule has 0 radical (unpaired) electrons. The second kappa shape index (κ2) is 9.71. The molecular formula is C27H24N4O4S. The van der Waals surface area contributed by atoms with Gasteiger partial charge in [-0.25, -0.2) is 9.67 Å². The lowest BCUT2D eigenvalue weighted by Gasteiger charge is -2.18. The minimum absolute atomic E-state index is 0.0101. The molecule has 9 heteroatoms. The largest absolute Gasteiger partial charge is 0.508 e. The van der Waals surface area contributed by atoms with E-state index in [1.165, 1.54) is 35.2 Å². The van der Waals surface area contributed by atoms with Crippen molar-refractivity contribution in [3.05, 3.63) is 82.0 Å². The highest BCUT2D eigenvalue weighted by molar-refractivity contribution is 7.07. The molecular weight excluding hydrogens is 476 g/mol. The van der Waals surface area contributed by atoms with Crippen LogP contribution in [0.3, 0.4) is 0 Å². The first-order valence-corrected chi connectivity index (χ1v) is 12.2. The lowest BCUT2D eigenvalue weighted by Crippen LogP contribution is -2.25. The van der Waals surface area contributed by atoms with E-state index in [9.17, 15) is 15.0 Å². The number of fused-ring (bicyclic) bond motifs is 1. The number of carbonyl (C=O) groups excluding carboxylic acids is 1. The quantitative estimate of drug-likeness (QED) is 0.328. The van der Waals surface area contributed by atoms with Gasteiger partial charge in [0.1, 0.15) is 17.2 Å². The maximum Gasteiger partial charge on any atom is 0.262 e. The molecule has 36 heavy (non-hydrogen) atoms. The van der Waals surface area contributed by atoms with Crippen molar-refractivity contribution in [3.8, 4) is 28.5 Å². The zero-order chi connectivity index (χ0) is 25.2. The van der Waals surface area contributed by atoms with Crippen molar-refractivity contribution in [3.63, 3.8) is 0 Å². The van der Waals surface area contributed by atoms with Gasteiger partial charge in [-0.15, -0.1) is 11.3 Å². The second-order valence-electron chi connectivity index (χ2n) is 8.61. The number of anilines is 1. The van der Waals surface area contributed by atoms with Crippen LogP contribution < -0.4 is 14.9 Å². The fourth-order valence-corrected chi connectivity index (χ4v) is 4.59. The maximum atomic E-state index is 11.8. The second-order valence-corrected chi connectivity index (χ2v) is 9.45. The Morgan fingerprint density at radius 2 is 1.89 bits per heavy atom. The van der Waals surface area contributed by atoms with Gasteiger partial charge in [0.2, 0.25) is 4.80 Å². The highest BCUT2D eigenvalue weighted by Gasteiger charge is 2.18. The molecule has 0 spiro atoms. The van der Waals surface area contributed by atoms with E-state index in [1.54, 1.807) is 10.7 Å². The number of aromatic hydroxyl groups is 2. The van der Waals surface area contributed by atoms with E-state index in [2.05, 4.69) is 36.4 Å². The Bertz CT molecular complexity index is 1530. The van der Waals surface area contributed by atoms with Gasteiger partial charge in [0.25, 0.3) is 5.91 Å². The number of thiazole rings is 1. The molecule has 0 atom stereocenters. The molecule has 0 saturated heterocycles. The number of carbonyl (C=O) groups is 1. The molecule has 0 saturated carbocycles. The van der Waals surface area contributed by atoms with E-state index in [1.807, 2.05) is 35.7 Å². The predicted molar refractivity (Wildman–Crippen MR) is 140 cm³/mol. The molecule has 1 amide bonds. The summed E-state index contributed by atoms with van der Waals surface area (Å²) in [7, 11) is 0. The van der Waals surface area contributed by atoms with Gasteiger partial charge in [-0.3, -0.25) is 4.79 Å². The summed E-state index contributed by atoms with van der Waals surface area (Å²) in [4.78, 5) is 17.2. The third-order valence-electron chi connectivity index (χ3n) is 5.70. The van der Waals surface area contributed by atoms with Gasteiger partial charge in [0, 0.05) is 22.6 Å². The van der Waals surface area contributed by atoms with E-state index in [4.69, 9.17) is 9.73 Å². The van der Waals surface area contributed by atoms with Crippen molar-refractivity contribution in [1.29, 1.82) is 0 Å². The van der Waals surface area contributed by atoms with E-state index in [0.29, 0.717) is 27.7 Å². The van der Waals surface area contributed by atoms with Crippen molar-refractivity contribution in [2.24, 2.45) is 10.1 Å². The van der Waals surface area contributed by atoms with Gasteiger partial charge in [-0.1, -0.05) is 26.0 Å². The molecule has 5 rings (SSSR count). The van der Waals surface area contributed by atoms with Crippen LogP contribution in [0.15, 0.2) is 76.1 Å². The smallest absolute Gasteiger partial charge is 0.262 e. The van der Waals surface area contributed by atoms with E-state index in [-0.39, 0.29) is 24.0 Å². The highest BCUT2D eigenvalue weighted by Crippen LogP contribution is 2.33. The topological polar surface area (TPSA) is 108 Å². The third-order valence-corrected chi connectivity index (χ3v) is 6.52. The van der Waals surface area contributed by atoms with Gasteiger partial charge in [0.05, 0.1) is 23.3 Å². The number of amides is 1. The molecule has 0 bridgehead atoms. The molecule has 0 aliphatic carbocycles. The molecule has 1 aromatic heterocycles. The van der Waals surface area contributed by atoms with Gasteiger partial charge < -0.3 is 20.3 Å². The van der Waals surface area contributed by atoms with E-state index >= 15 is 0 Å². The highest BCUT2D eigenvalue weighted by atomic mass is 32.1. The number of nitrogens with one attached hydrogen (secondary N) is 1. The Labute approximate surface area is 211 Å². The SMILES string of the molecule is CC(C)c1ccc(N=c2scc(-c3ccc4c(c3)NC(=O)CO4)n2N=Cc2ccc(O)cc2O)cc1. The minimum Gasteiger partial charge on any atom is -0.508 e. The first-order valence-electron chi connectivity index (χ1n) is 11.4. The maximum absolute atomic E-state index is 11.8. The fraction of sp³-hybridized carbons (Fsp3) is 0.148. The molecule has 3 aromatic carbocycles. The van der Waals surface area contributed by atoms with Crippen molar-refractivity contribution in [1.82, 2.24) is 4.68 Å². The Hall–Kier alpha value is -4.37. The minimum atomic E-state index is -0.209. The Morgan fingerprint density at radius 1 is 1.08 bits per heavy atom. The van der Waals surface area contributed by atoms with Crippen LogP contribution in [0.1, 0.15) is 30.9 Å². The number of benzene rings is 3. The van der Waals surface area contributed by atoms with Crippen molar-refractivity contribution >= 4 is 34.8 Å². The molecule has 8 nitrogen and oxygen atoms in total. The summed E-state index contributed by atoms with van der Waals surface area (Å²) in [5.41, 5.74) is 4.59. The number of hydrogen-bond acceptors (Lipinski definition) is 7. The van der Waals surface area contributed by atoms with Crippen molar-refractivity contribution < 1.29 is 19.7 Å². The number of hydrogen-bond donors (Lipinski definition) is 3. The van der Waals surface area contributed by atoms with Crippen LogP contribution in [0.5, 0.6) is 17.2 Å². The summed E-state index contributed by atoms with van der Waals surface area (Å²) in [5.74, 6) is 0.695. The zero-order valence-corrected chi connectivity index (χ0v) is 20.5.